The Bertz CT molecular complexity index is 298. The SMILES string of the molecule is CCC(C)C(=O)O.CCC(CC)C(=O)O.CCC(OC)C(=O)O. The quantitative estimate of drug-likeness (QED) is 0.622. The molecular formula is C16H32O7. The van der Waals surface area contributed by atoms with Crippen LogP contribution in [0.25, 0.3) is 0 Å². The lowest BCUT2D eigenvalue weighted by Gasteiger charge is -2.04. The average molecular weight is 336 g/mol. The standard InChI is InChI=1S/C6H12O2.C5H10O3.C5H10O2/c1-3-5(4-2)6(7)8;1-3-4(8-2)5(6)7;1-3-4(2)5(6)7/h5H,3-4H2,1-2H3,(H,7,8);4H,3H2,1-2H3,(H,6,7);4H,3H2,1-2H3,(H,6,7). The fourth-order valence-corrected chi connectivity index (χ4v) is 1.25. The summed E-state index contributed by atoms with van der Waals surface area (Å²) in [6, 6.07) is 0. The van der Waals surface area contributed by atoms with Gasteiger partial charge in [0, 0.05) is 7.11 Å². The molecule has 3 N–H and O–H groups in total. The number of carbonyl (C=O) groups is 3. The van der Waals surface area contributed by atoms with E-state index in [4.69, 9.17) is 15.3 Å². The van der Waals surface area contributed by atoms with E-state index in [1.165, 1.54) is 7.11 Å². The first-order valence-electron chi connectivity index (χ1n) is 7.83. The first kappa shape index (κ1) is 26.3. The third-order valence-corrected chi connectivity index (χ3v) is 3.30. The van der Waals surface area contributed by atoms with E-state index >= 15 is 0 Å². The van der Waals surface area contributed by atoms with Gasteiger partial charge in [-0.15, -0.1) is 0 Å². The monoisotopic (exact) mass is 336 g/mol. The van der Waals surface area contributed by atoms with E-state index in [9.17, 15) is 14.4 Å². The van der Waals surface area contributed by atoms with Crippen LogP contribution in [0.2, 0.25) is 0 Å². The van der Waals surface area contributed by atoms with Gasteiger partial charge in [0.2, 0.25) is 0 Å². The van der Waals surface area contributed by atoms with Crippen molar-refractivity contribution in [2.75, 3.05) is 7.11 Å². The zero-order chi connectivity index (χ0) is 19.0. The van der Waals surface area contributed by atoms with Crippen LogP contribution >= 0.6 is 0 Å². The van der Waals surface area contributed by atoms with Gasteiger partial charge in [-0.05, 0) is 25.7 Å². The highest BCUT2D eigenvalue weighted by Crippen LogP contribution is 2.05. The summed E-state index contributed by atoms with van der Waals surface area (Å²) in [7, 11) is 1.39. The first-order valence-corrected chi connectivity index (χ1v) is 7.83. The summed E-state index contributed by atoms with van der Waals surface area (Å²) >= 11 is 0. The highest BCUT2D eigenvalue weighted by atomic mass is 16.5. The van der Waals surface area contributed by atoms with E-state index in [0.717, 1.165) is 19.3 Å². The summed E-state index contributed by atoms with van der Waals surface area (Å²) in [6.45, 7) is 9.11. The number of ether oxygens (including phenoxy) is 1. The first-order chi connectivity index (χ1) is 10.6. The molecule has 2 atom stereocenters. The minimum atomic E-state index is -0.894. The molecule has 0 amide bonds. The molecule has 0 heterocycles. The van der Waals surface area contributed by atoms with E-state index in [1.54, 1.807) is 13.8 Å². The van der Waals surface area contributed by atoms with Gasteiger partial charge in [0.15, 0.2) is 6.10 Å². The molecule has 0 aromatic carbocycles. The molecule has 0 aliphatic rings. The number of aliphatic carboxylic acids is 3. The fraction of sp³-hybridized carbons (Fsp3) is 0.812. The lowest BCUT2D eigenvalue weighted by molar-refractivity contribution is -0.148. The van der Waals surface area contributed by atoms with Crippen molar-refractivity contribution in [1.29, 1.82) is 0 Å². The van der Waals surface area contributed by atoms with Crippen LogP contribution in [0.15, 0.2) is 0 Å². The van der Waals surface area contributed by atoms with E-state index < -0.39 is 24.0 Å². The van der Waals surface area contributed by atoms with Crippen molar-refractivity contribution in [2.24, 2.45) is 11.8 Å². The molecule has 0 rings (SSSR count). The molecule has 0 aromatic rings. The summed E-state index contributed by atoms with van der Waals surface area (Å²) in [6.07, 6.45) is 2.09. The van der Waals surface area contributed by atoms with Gasteiger partial charge < -0.3 is 20.1 Å². The molecule has 0 aliphatic heterocycles. The van der Waals surface area contributed by atoms with Crippen molar-refractivity contribution in [1.82, 2.24) is 0 Å². The van der Waals surface area contributed by atoms with E-state index in [2.05, 4.69) is 4.74 Å². The Morgan fingerprint density at radius 2 is 1.22 bits per heavy atom. The number of methoxy groups -OCH3 is 1. The highest BCUT2D eigenvalue weighted by molar-refractivity contribution is 5.72. The maximum Gasteiger partial charge on any atom is 0.332 e. The fourth-order valence-electron chi connectivity index (χ4n) is 1.25. The van der Waals surface area contributed by atoms with Crippen LogP contribution in [0.4, 0.5) is 0 Å². The maximum absolute atomic E-state index is 10.2. The lowest BCUT2D eigenvalue weighted by Crippen LogP contribution is -2.20. The Balaban J connectivity index is -0.000000262. The van der Waals surface area contributed by atoms with Crippen molar-refractivity contribution in [3.05, 3.63) is 0 Å². The van der Waals surface area contributed by atoms with Crippen LogP contribution in [0.5, 0.6) is 0 Å². The van der Waals surface area contributed by atoms with Gasteiger partial charge in [0.25, 0.3) is 0 Å². The van der Waals surface area contributed by atoms with E-state index in [0.29, 0.717) is 6.42 Å². The van der Waals surface area contributed by atoms with Crippen molar-refractivity contribution in [3.63, 3.8) is 0 Å². The molecule has 0 saturated heterocycles. The Morgan fingerprint density at radius 3 is 1.22 bits per heavy atom. The molecule has 0 saturated carbocycles. The van der Waals surface area contributed by atoms with Gasteiger partial charge in [-0.2, -0.15) is 0 Å². The summed E-state index contributed by atoms with van der Waals surface area (Å²) in [4.78, 5) is 30.1. The largest absolute Gasteiger partial charge is 0.481 e. The van der Waals surface area contributed by atoms with Crippen LogP contribution in [0.3, 0.4) is 0 Å². The smallest absolute Gasteiger partial charge is 0.332 e. The zero-order valence-corrected chi connectivity index (χ0v) is 15.0. The highest BCUT2D eigenvalue weighted by Gasteiger charge is 2.11. The Kier molecular flexibility index (Phi) is 19.1. The van der Waals surface area contributed by atoms with Crippen molar-refractivity contribution < 1.29 is 34.4 Å². The second-order valence-corrected chi connectivity index (χ2v) is 4.97. The molecule has 0 aromatic heterocycles. The second kappa shape index (κ2) is 16.7. The topological polar surface area (TPSA) is 121 Å². The Labute approximate surface area is 138 Å². The molecule has 7 heteroatoms. The van der Waals surface area contributed by atoms with Gasteiger partial charge >= 0.3 is 17.9 Å². The molecule has 7 nitrogen and oxygen atoms in total. The van der Waals surface area contributed by atoms with Crippen LogP contribution in [-0.2, 0) is 19.1 Å². The summed E-state index contributed by atoms with van der Waals surface area (Å²) in [5.74, 6) is -2.58. The molecule has 0 fully saturated rings. The van der Waals surface area contributed by atoms with Crippen molar-refractivity contribution >= 4 is 17.9 Å². The van der Waals surface area contributed by atoms with E-state index in [1.807, 2.05) is 20.8 Å². The normalized spacial score (nSPS) is 12.1. The molecular weight excluding hydrogens is 304 g/mol. The third kappa shape index (κ3) is 16.6. The minimum absolute atomic E-state index is 0.130. The Hall–Kier alpha value is -1.63. The molecule has 0 radical (unpaired) electrons. The average Bonchev–Trinajstić information content (AvgIpc) is 2.49. The third-order valence-electron chi connectivity index (χ3n) is 3.30. The number of hydrogen-bond acceptors (Lipinski definition) is 4. The summed E-state index contributed by atoms with van der Waals surface area (Å²) in [5, 5.41) is 24.8. The van der Waals surface area contributed by atoms with E-state index in [-0.39, 0.29) is 11.8 Å². The van der Waals surface area contributed by atoms with Gasteiger partial charge in [-0.3, -0.25) is 9.59 Å². The van der Waals surface area contributed by atoms with Crippen molar-refractivity contribution in [3.8, 4) is 0 Å². The number of carboxylic acid groups (broad SMARTS) is 3. The van der Waals surface area contributed by atoms with Gasteiger partial charge in [0.05, 0.1) is 11.8 Å². The predicted octanol–water partition coefficient (Wildman–Crippen LogP) is 3.12. The van der Waals surface area contributed by atoms with Crippen molar-refractivity contribution in [2.45, 2.75) is 66.4 Å². The number of carboxylic acids is 3. The van der Waals surface area contributed by atoms with Gasteiger partial charge in [-0.25, -0.2) is 4.79 Å². The molecule has 138 valence electrons. The second-order valence-electron chi connectivity index (χ2n) is 4.97. The number of hydrogen-bond donors (Lipinski definition) is 3. The summed E-state index contributed by atoms with van der Waals surface area (Å²) < 4.78 is 4.56. The molecule has 0 bridgehead atoms. The predicted molar refractivity (Wildman–Crippen MR) is 87.5 cm³/mol. The molecule has 23 heavy (non-hydrogen) atoms. The van der Waals surface area contributed by atoms with Crippen LogP contribution in [0.1, 0.15) is 60.3 Å². The zero-order valence-electron chi connectivity index (χ0n) is 15.0. The summed E-state index contributed by atoms with van der Waals surface area (Å²) in [5.41, 5.74) is 0. The lowest BCUT2D eigenvalue weighted by atomic mass is 10.1. The van der Waals surface area contributed by atoms with Gasteiger partial charge in [0.1, 0.15) is 0 Å². The van der Waals surface area contributed by atoms with Crippen LogP contribution in [-0.4, -0.2) is 46.4 Å². The maximum atomic E-state index is 10.2. The molecule has 0 aliphatic carbocycles. The van der Waals surface area contributed by atoms with Gasteiger partial charge in [-0.1, -0.05) is 34.6 Å². The van der Waals surface area contributed by atoms with Crippen LogP contribution in [0, 0.1) is 11.8 Å². The molecule has 0 spiro atoms. The number of rotatable bonds is 8. The van der Waals surface area contributed by atoms with Crippen LogP contribution < -0.4 is 0 Å². The molecule has 2 unspecified atom stereocenters. The Morgan fingerprint density at radius 1 is 0.783 bits per heavy atom. The minimum Gasteiger partial charge on any atom is -0.481 e.